The monoisotopic (exact) mass is 343 g/mol. The summed E-state index contributed by atoms with van der Waals surface area (Å²) in [5, 5.41) is 3.01. The van der Waals surface area contributed by atoms with Crippen LogP contribution in [0.1, 0.15) is 24.0 Å². The van der Waals surface area contributed by atoms with Crippen LogP contribution in [0.5, 0.6) is 5.75 Å². The van der Waals surface area contributed by atoms with Crippen molar-refractivity contribution in [2.45, 2.75) is 25.2 Å². The number of benzene rings is 2. The van der Waals surface area contributed by atoms with Crippen LogP contribution in [-0.2, 0) is 14.9 Å². The summed E-state index contributed by atoms with van der Waals surface area (Å²) < 4.78 is 24.0. The average Bonchev–Trinajstić information content (AvgIpc) is 2.63. The van der Waals surface area contributed by atoms with Gasteiger partial charge in [0.25, 0.3) is 0 Å². The molecule has 4 nitrogen and oxygen atoms in total. The van der Waals surface area contributed by atoms with E-state index in [-0.39, 0.29) is 11.7 Å². The number of ether oxygens (including phenoxy) is 2. The number of hydrogen-bond acceptors (Lipinski definition) is 3. The minimum atomic E-state index is -0.709. The van der Waals surface area contributed by atoms with Crippen LogP contribution in [0.2, 0.25) is 0 Å². The maximum absolute atomic E-state index is 13.3. The van der Waals surface area contributed by atoms with E-state index < -0.39 is 5.41 Å². The molecule has 0 atom stereocenters. The van der Waals surface area contributed by atoms with Gasteiger partial charge in [-0.3, -0.25) is 4.79 Å². The zero-order valence-electron chi connectivity index (χ0n) is 14.5. The molecule has 1 amide bonds. The second-order valence-corrected chi connectivity index (χ2v) is 6.34. The first-order chi connectivity index (χ1) is 12.0. The molecular weight excluding hydrogens is 321 g/mol. The SMILES string of the molecule is COc1ccc(NC(=O)C2(c3ccc(F)cc3)CCOCC2)cc1C. The molecule has 0 aliphatic carbocycles. The zero-order chi connectivity index (χ0) is 17.9. The molecule has 0 unspecified atom stereocenters. The van der Waals surface area contributed by atoms with Gasteiger partial charge in [0.1, 0.15) is 11.6 Å². The van der Waals surface area contributed by atoms with Gasteiger partial charge in [-0.15, -0.1) is 0 Å². The number of halogens is 1. The van der Waals surface area contributed by atoms with Gasteiger partial charge in [-0.2, -0.15) is 0 Å². The van der Waals surface area contributed by atoms with Crippen LogP contribution in [0.15, 0.2) is 42.5 Å². The molecule has 1 N–H and O–H groups in total. The van der Waals surface area contributed by atoms with Crippen molar-refractivity contribution in [2.75, 3.05) is 25.6 Å². The van der Waals surface area contributed by atoms with E-state index in [9.17, 15) is 9.18 Å². The molecule has 0 aromatic heterocycles. The van der Waals surface area contributed by atoms with Crippen molar-refractivity contribution in [3.05, 3.63) is 59.4 Å². The molecule has 2 aromatic carbocycles. The van der Waals surface area contributed by atoms with Gasteiger partial charge in [-0.25, -0.2) is 4.39 Å². The van der Waals surface area contributed by atoms with Crippen LogP contribution >= 0.6 is 0 Å². The van der Waals surface area contributed by atoms with Crippen LogP contribution in [0.3, 0.4) is 0 Å². The van der Waals surface area contributed by atoms with Crippen LogP contribution in [0.4, 0.5) is 10.1 Å². The second kappa shape index (κ2) is 7.23. The topological polar surface area (TPSA) is 47.6 Å². The van der Waals surface area contributed by atoms with Crippen molar-refractivity contribution >= 4 is 11.6 Å². The Kier molecular flexibility index (Phi) is 5.04. The Labute approximate surface area is 147 Å². The Morgan fingerprint density at radius 1 is 1.16 bits per heavy atom. The summed E-state index contributed by atoms with van der Waals surface area (Å²) >= 11 is 0. The van der Waals surface area contributed by atoms with Crippen molar-refractivity contribution in [1.82, 2.24) is 0 Å². The largest absolute Gasteiger partial charge is 0.496 e. The first-order valence-corrected chi connectivity index (χ1v) is 8.35. The molecule has 1 aliphatic rings. The van der Waals surface area contributed by atoms with Gasteiger partial charge >= 0.3 is 0 Å². The first-order valence-electron chi connectivity index (χ1n) is 8.35. The predicted octanol–water partition coefficient (Wildman–Crippen LogP) is 3.83. The molecule has 1 saturated heterocycles. The van der Waals surface area contributed by atoms with Gasteiger partial charge in [0.05, 0.1) is 12.5 Å². The molecule has 2 aromatic rings. The normalized spacial score (nSPS) is 16.3. The van der Waals surface area contributed by atoms with Gasteiger partial charge in [0, 0.05) is 18.9 Å². The fraction of sp³-hybridized carbons (Fsp3) is 0.350. The molecule has 0 saturated carbocycles. The van der Waals surface area contributed by atoms with E-state index in [2.05, 4.69) is 5.32 Å². The average molecular weight is 343 g/mol. The third-order valence-corrected chi connectivity index (χ3v) is 4.83. The first kappa shape index (κ1) is 17.4. The Morgan fingerprint density at radius 2 is 1.84 bits per heavy atom. The summed E-state index contributed by atoms with van der Waals surface area (Å²) in [6.07, 6.45) is 1.14. The van der Waals surface area contributed by atoms with Crippen LogP contribution in [-0.4, -0.2) is 26.2 Å². The molecule has 3 rings (SSSR count). The minimum Gasteiger partial charge on any atom is -0.496 e. The molecule has 0 spiro atoms. The van der Waals surface area contributed by atoms with Crippen LogP contribution < -0.4 is 10.1 Å². The third kappa shape index (κ3) is 3.51. The number of rotatable bonds is 4. The number of methoxy groups -OCH3 is 1. The maximum atomic E-state index is 13.3. The highest BCUT2D eigenvalue weighted by atomic mass is 19.1. The van der Waals surface area contributed by atoms with E-state index in [4.69, 9.17) is 9.47 Å². The Hall–Kier alpha value is -2.40. The summed E-state index contributed by atoms with van der Waals surface area (Å²) in [5.74, 6) is 0.376. The molecule has 0 bridgehead atoms. The Morgan fingerprint density at radius 3 is 2.44 bits per heavy atom. The number of anilines is 1. The van der Waals surface area contributed by atoms with E-state index in [1.165, 1.54) is 12.1 Å². The van der Waals surface area contributed by atoms with Gasteiger partial charge in [0.2, 0.25) is 5.91 Å². The number of carbonyl (C=O) groups excluding carboxylic acids is 1. The quantitative estimate of drug-likeness (QED) is 0.918. The number of hydrogen-bond donors (Lipinski definition) is 1. The molecule has 132 valence electrons. The molecule has 1 aliphatic heterocycles. The van der Waals surface area contributed by atoms with Crippen molar-refractivity contribution < 1.29 is 18.7 Å². The molecule has 5 heteroatoms. The molecule has 1 heterocycles. The summed E-state index contributed by atoms with van der Waals surface area (Å²) in [6, 6.07) is 11.7. The van der Waals surface area contributed by atoms with Crippen molar-refractivity contribution in [3.8, 4) is 5.75 Å². The zero-order valence-corrected chi connectivity index (χ0v) is 14.5. The number of amides is 1. The standard InChI is InChI=1S/C20H22FNO3/c1-14-13-17(7-8-18(14)24-2)22-19(23)20(9-11-25-12-10-20)15-3-5-16(21)6-4-15/h3-8,13H,9-12H2,1-2H3,(H,22,23). The molecule has 1 fully saturated rings. The van der Waals surface area contributed by atoms with Crippen LogP contribution in [0, 0.1) is 12.7 Å². The lowest BCUT2D eigenvalue weighted by Gasteiger charge is -2.36. The smallest absolute Gasteiger partial charge is 0.235 e. The summed E-state index contributed by atoms with van der Waals surface area (Å²) in [4.78, 5) is 13.1. The summed E-state index contributed by atoms with van der Waals surface area (Å²) in [5.41, 5.74) is 1.78. The van der Waals surface area contributed by atoms with Crippen molar-refractivity contribution in [2.24, 2.45) is 0 Å². The molecule has 0 radical (unpaired) electrons. The van der Waals surface area contributed by atoms with Crippen LogP contribution in [0.25, 0.3) is 0 Å². The lowest BCUT2D eigenvalue weighted by Crippen LogP contribution is -2.44. The fourth-order valence-electron chi connectivity index (χ4n) is 3.34. The fourth-order valence-corrected chi connectivity index (χ4v) is 3.34. The van der Waals surface area contributed by atoms with Gasteiger partial charge in [0.15, 0.2) is 0 Å². The van der Waals surface area contributed by atoms with Gasteiger partial charge < -0.3 is 14.8 Å². The number of nitrogens with one attached hydrogen (secondary N) is 1. The lowest BCUT2D eigenvalue weighted by atomic mass is 9.73. The van der Waals surface area contributed by atoms with Crippen molar-refractivity contribution in [1.29, 1.82) is 0 Å². The summed E-state index contributed by atoms with van der Waals surface area (Å²) in [7, 11) is 1.62. The highest BCUT2D eigenvalue weighted by Gasteiger charge is 2.41. The van der Waals surface area contributed by atoms with Gasteiger partial charge in [-0.1, -0.05) is 12.1 Å². The number of aryl methyl sites for hydroxylation is 1. The van der Waals surface area contributed by atoms with E-state index in [1.807, 2.05) is 25.1 Å². The predicted molar refractivity (Wildman–Crippen MR) is 94.5 cm³/mol. The van der Waals surface area contributed by atoms with E-state index >= 15 is 0 Å². The van der Waals surface area contributed by atoms with E-state index in [1.54, 1.807) is 19.2 Å². The second-order valence-electron chi connectivity index (χ2n) is 6.34. The highest BCUT2D eigenvalue weighted by Crippen LogP contribution is 2.36. The van der Waals surface area contributed by atoms with Gasteiger partial charge in [-0.05, 0) is 61.2 Å². The lowest BCUT2D eigenvalue weighted by molar-refractivity contribution is -0.125. The van der Waals surface area contributed by atoms with E-state index in [0.29, 0.717) is 26.1 Å². The third-order valence-electron chi connectivity index (χ3n) is 4.83. The molecule has 25 heavy (non-hydrogen) atoms. The minimum absolute atomic E-state index is 0.0908. The van der Waals surface area contributed by atoms with E-state index in [0.717, 1.165) is 22.6 Å². The summed E-state index contributed by atoms with van der Waals surface area (Å²) in [6.45, 7) is 2.94. The molecular formula is C20H22FNO3. The highest BCUT2D eigenvalue weighted by molar-refractivity contribution is 5.99. The number of carbonyl (C=O) groups is 1. The maximum Gasteiger partial charge on any atom is 0.235 e. The van der Waals surface area contributed by atoms with Crippen molar-refractivity contribution in [3.63, 3.8) is 0 Å². The Balaban J connectivity index is 1.89. The Bertz CT molecular complexity index is 752.